The number of benzene rings is 1. The summed E-state index contributed by atoms with van der Waals surface area (Å²) in [5.74, 6) is 0.732. The Kier molecular flexibility index (Phi) is 3.54. The lowest BCUT2D eigenvalue weighted by Crippen LogP contribution is -2.26. The van der Waals surface area contributed by atoms with Crippen LogP contribution < -0.4 is 5.73 Å². The van der Waals surface area contributed by atoms with E-state index >= 15 is 0 Å². The van der Waals surface area contributed by atoms with Crippen molar-refractivity contribution >= 4 is 9.84 Å². The fraction of sp³-hybridized carbons (Fsp3) is 0.538. The van der Waals surface area contributed by atoms with Crippen LogP contribution in [0.4, 0.5) is 0 Å². The molecule has 0 amide bonds. The van der Waals surface area contributed by atoms with E-state index in [1.54, 1.807) is 19.1 Å². The molecule has 0 saturated heterocycles. The van der Waals surface area contributed by atoms with E-state index in [4.69, 9.17) is 5.73 Å². The second kappa shape index (κ2) is 4.78. The van der Waals surface area contributed by atoms with Crippen LogP contribution in [0.25, 0.3) is 0 Å². The zero-order valence-electron chi connectivity index (χ0n) is 10.1. The Morgan fingerprint density at radius 1 is 1.35 bits per heavy atom. The number of nitrogens with two attached hydrogens (primary N) is 1. The van der Waals surface area contributed by atoms with Gasteiger partial charge in [0.05, 0.1) is 10.6 Å². The van der Waals surface area contributed by atoms with E-state index in [1.165, 1.54) is 12.8 Å². The molecule has 1 atom stereocenters. The van der Waals surface area contributed by atoms with Gasteiger partial charge in [0.2, 0.25) is 0 Å². The van der Waals surface area contributed by atoms with Crippen molar-refractivity contribution in [1.82, 2.24) is 0 Å². The molecule has 3 nitrogen and oxygen atoms in total. The molecule has 0 aromatic heterocycles. The fourth-order valence-corrected chi connectivity index (χ4v) is 3.22. The van der Waals surface area contributed by atoms with E-state index in [0.29, 0.717) is 17.2 Å². The normalized spacial score (nSPS) is 18.0. The van der Waals surface area contributed by atoms with Crippen LogP contribution in [-0.4, -0.2) is 20.2 Å². The van der Waals surface area contributed by atoms with Crippen molar-refractivity contribution in [2.75, 3.05) is 5.75 Å². The Morgan fingerprint density at radius 3 is 2.59 bits per heavy atom. The topological polar surface area (TPSA) is 60.2 Å². The fourth-order valence-electron chi connectivity index (χ4n) is 2.08. The summed E-state index contributed by atoms with van der Waals surface area (Å²) in [4.78, 5) is 0.457. The second-order valence-corrected chi connectivity index (χ2v) is 6.96. The van der Waals surface area contributed by atoms with E-state index < -0.39 is 9.84 Å². The standard InChI is InChI=1S/C13H19NO2S/c1-2-17(15,16)13-6-4-3-5-11(13)9-12(14)10-7-8-10/h3-6,10,12H,2,7-9,14H2,1H3. The third-order valence-corrected chi connectivity index (χ3v) is 5.20. The molecule has 0 bridgehead atoms. The summed E-state index contributed by atoms with van der Waals surface area (Å²) < 4.78 is 23.9. The Morgan fingerprint density at radius 2 is 2.00 bits per heavy atom. The Labute approximate surface area is 103 Å². The molecule has 1 aromatic carbocycles. The van der Waals surface area contributed by atoms with E-state index in [0.717, 1.165) is 5.56 Å². The van der Waals surface area contributed by atoms with E-state index in [2.05, 4.69) is 0 Å². The van der Waals surface area contributed by atoms with Gasteiger partial charge in [0, 0.05) is 6.04 Å². The molecule has 0 radical (unpaired) electrons. The lowest BCUT2D eigenvalue weighted by Gasteiger charge is -2.13. The molecule has 94 valence electrons. The zero-order valence-corrected chi connectivity index (χ0v) is 10.9. The quantitative estimate of drug-likeness (QED) is 0.870. The molecule has 0 aliphatic heterocycles. The van der Waals surface area contributed by atoms with Crippen molar-refractivity contribution in [3.63, 3.8) is 0 Å². The average Bonchev–Trinajstić information content (AvgIpc) is 3.13. The molecule has 17 heavy (non-hydrogen) atoms. The Hall–Kier alpha value is -0.870. The van der Waals surface area contributed by atoms with Gasteiger partial charge in [0.15, 0.2) is 9.84 Å². The summed E-state index contributed by atoms with van der Waals surface area (Å²) in [6.45, 7) is 1.67. The van der Waals surface area contributed by atoms with E-state index in [9.17, 15) is 8.42 Å². The number of hydrogen-bond donors (Lipinski definition) is 1. The molecule has 1 fully saturated rings. The molecule has 2 rings (SSSR count). The highest BCUT2D eigenvalue weighted by Gasteiger charge is 2.29. The third kappa shape index (κ3) is 2.87. The maximum absolute atomic E-state index is 11.9. The van der Waals surface area contributed by atoms with E-state index in [-0.39, 0.29) is 11.8 Å². The maximum Gasteiger partial charge on any atom is 0.178 e. The molecule has 1 aliphatic rings. The van der Waals surface area contributed by atoms with Crippen LogP contribution in [0, 0.1) is 5.92 Å². The highest BCUT2D eigenvalue weighted by atomic mass is 32.2. The van der Waals surface area contributed by atoms with Crippen molar-refractivity contribution in [3.8, 4) is 0 Å². The summed E-state index contributed by atoms with van der Waals surface area (Å²) in [7, 11) is -3.14. The average molecular weight is 253 g/mol. The highest BCUT2D eigenvalue weighted by molar-refractivity contribution is 7.91. The molecular formula is C13H19NO2S. The molecule has 0 heterocycles. The second-order valence-electron chi connectivity index (χ2n) is 4.72. The molecule has 1 aromatic rings. The molecule has 2 N–H and O–H groups in total. The SMILES string of the molecule is CCS(=O)(=O)c1ccccc1CC(N)C1CC1. The lowest BCUT2D eigenvalue weighted by molar-refractivity contribution is 0.578. The molecule has 1 saturated carbocycles. The van der Waals surface area contributed by atoms with Crippen LogP contribution in [-0.2, 0) is 16.3 Å². The first-order valence-electron chi connectivity index (χ1n) is 6.11. The first-order chi connectivity index (χ1) is 8.04. The first-order valence-corrected chi connectivity index (χ1v) is 7.76. The van der Waals surface area contributed by atoms with Gasteiger partial charge in [-0.3, -0.25) is 0 Å². The van der Waals surface area contributed by atoms with Gasteiger partial charge in [-0.05, 0) is 36.8 Å². The van der Waals surface area contributed by atoms with Crippen LogP contribution in [0.15, 0.2) is 29.2 Å². The smallest absolute Gasteiger partial charge is 0.178 e. The molecule has 1 unspecified atom stereocenters. The Balaban J connectivity index is 2.27. The van der Waals surface area contributed by atoms with Gasteiger partial charge in [-0.1, -0.05) is 25.1 Å². The van der Waals surface area contributed by atoms with Gasteiger partial charge >= 0.3 is 0 Å². The van der Waals surface area contributed by atoms with E-state index in [1.807, 2.05) is 12.1 Å². The summed E-state index contributed by atoms with van der Waals surface area (Å²) in [5, 5.41) is 0. The summed E-state index contributed by atoms with van der Waals surface area (Å²) in [5.41, 5.74) is 6.94. The van der Waals surface area contributed by atoms with Crippen LogP contribution in [0.3, 0.4) is 0 Å². The minimum atomic E-state index is -3.14. The maximum atomic E-state index is 11.9. The van der Waals surface area contributed by atoms with Crippen molar-refractivity contribution in [3.05, 3.63) is 29.8 Å². The molecule has 4 heteroatoms. The zero-order chi connectivity index (χ0) is 12.5. The number of sulfone groups is 1. The number of rotatable bonds is 5. The van der Waals surface area contributed by atoms with Gasteiger partial charge in [-0.25, -0.2) is 8.42 Å². The van der Waals surface area contributed by atoms with Crippen molar-refractivity contribution < 1.29 is 8.42 Å². The van der Waals surface area contributed by atoms with Crippen molar-refractivity contribution in [1.29, 1.82) is 0 Å². The lowest BCUT2D eigenvalue weighted by atomic mass is 10.0. The number of hydrogen-bond acceptors (Lipinski definition) is 3. The van der Waals surface area contributed by atoms with Crippen LogP contribution >= 0.6 is 0 Å². The molecular weight excluding hydrogens is 234 g/mol. The van der Waals surface area contributed by atoms with Crippen LogP contribution in [0.5, 0.6) is 0 Å². The molecule has 0 spiro atoms. The predicted molar refractivity (Wildman–Crippen MR) is 68.6 cm³/mol. The first kappa shape index (κ1) is 12.6. The van der Waals surface area contributed by atoms with Gasteiger partial charge < -0.3 is 5.73 Å². The largest absolute Gasteiger partial charge is 0.327 e. The minimum Gasteiger partial charge on any atom is -0.327 e. The van der Waals surface area contributed by atoms with Crippen LogP contribution in [0.1, 0.15) is 25.3 Å². The predicted octanol–water partition coefficient (Wildman–Crippen LogP) is 1.76. The monoisotopic (exact) mass is 253 g/mol. The van der Waals surface area contributed by atoms with Crippen molar-refractivity contribution in [2.45, 2.75) is 37.1 Å². The summed E-state index contributed by atoms with van der Waals surface area (Å²) >= 11 is 0. The Bertz CT molecular complexity index is 492. The third-order valence-electron chi connectivity index (χ3n) is 3.37. The van der Waals surface area contributed by atoms with Gasteiger partial charge in [-0.2, -0.15) is 0 Å². The highest BCUT2D eigenvalue weighted by Crippen LogP contribution is 2.33. The summed E-state index contributed by atoms with van der Waals surface area (Å²) in [6, 6.07) is 7.32. The summed E-state index contributed by atoms with van der Waals surface area (Å²) in [6.07, 6.45) is 3.04. The molecule has 1 aliphatic carbocycles. The van der Waals surface area contributed by atoms with Gasteiger partial charge in [0.25, 0.3) is 0 Å². The van der Waals surface area contributed by atoms with Gasteiger partial charge in [-0.15, -0.1) is 0 Å². The van der Waals surface area contributed by atoms with Gasteiger partial charge in [0.1, 0.15) is 0 Å². The van der Waals surface area contributed by atoms with Crippen molar-refractivity contribution in [2.24, 2.45) is 11.7 Å². The van der Waals surface area contributed by atoms with Crippen LogP contribution in [0.2, 0.25) is 0 Å². The minimum absolute atomic E-state index is 0.100.